The molecule has 0 saturated heterocycles. The summed E-state index contributed by atoms with van der Waals surface area (Å²) in [5.41, 5.74) is 0.991. The first-order chi connectivity index (χ1) is 12.2. The SMILES string of the molecule is CCNC(=NCc1cccc(OC)c1OC)NCC(C)c1cccs1.I. The molecular formula is C19H28IN3O2S. The Balaban J connectivity index is 0.00000338. The van der Waals surface area contributed by atoms with Gasteiger partial charge in [0, 0.05) is 29.4 Å². The number of hydrogen-bond donors (Lipinski definition) is 2. The summed E-state index contributed by atoms with van der Waals surface area (Å²) in [4.78, 5) is 6.06. The first-order valence-electron chi connectivity index (χ1n) is 8.45. The highest BCUT2D eigenvalue weighted by Gasteiger charge is 2.10. The molecule has 0 aliphatic heterocycles. The van der Waals surface area contributed by atoms with Crippen LogP contribution in [-0.4, -0.2) is 33.3 Å². The second-order valence-corrected chi connectivity index (χ2v) is 6.62. The van der Waals surface area contributed by atoms with Crippen LogP contribution in [0, 0.1) is 0 Å². The number of methoxy groups -OCH3 is 2. The van der Waals surface area contributed by atoms with E-state index in [1.807, 2.05) is 18.2 Å². The van der Waals surface area contributed by atoms with E-state index >= 15 is 0 Å². The molecule has 2 aromatic rings. The number of thiophene rings is 1. The van der Waals surface area contributed by atoms with Crippen LogP contribution < -0.4 is 20.1 Å². The molecule has 0 spiro atoms. The summed E-state index contributed by atoms with van der Waals surface area (Å²) >= 11 is 1.78. The lowest BCUT2D eigenvalue weighted by Gasteiger charge is -2.16. The predicted octanol–water partition coefficient (Wildman–Crippen LogP) is 4.24. The van der Waals surface area contributed by atoms with E-state index in [0.29, 0.717) is 12.5 Å². The van der Waals surface area contributed by atoms with E-state index in [1.54, 1.807) is 25.6 Å². The van der Waals surface area contributed by atoms with Crippen molar-refractivity contribution in [3.63, 3.8) is 0 Å². The average molecular weight is 489 g/mol. The van der Waals surface area contributed by atoms with Crippen molar-refractivity contribution in [1.29, 1.82) is 0 Å². The molecule has 2 rings (SSSR count). The van der Waals surface area contributed by atoms with E-state index in [1.165, 1.54) is 4.88 Å². The number of guanidine groups is 1. The van der Waals surface area contributed by atoms with Crippen LogP contribution in [0.1, 0.15) is 30.2 Å². The Morgan fingerprint density at radius 2 is 1.96 bits per heavy atom. The fourth-order valence-electron chi connectivity index (χ4n) is 2.51. The maximum Gasteiger partial charge on any atom is 0.191 e. The third kappa shape index (κ3) is 6.35. The molecule has 0 aliphatic carbocycles. The minimum atomic E-state index is 0. The highest BCUT2D eigenvalue weighted by molar-refractivity contribution is 14.0. The topological polar surface area (TPSA) is 54.9 Å². The second kappa shape index (κ2) is 12.0. The van der Waals surface area contributed by atoms with Crippen LogP contribution in [0.4, 0.5) is 0 Å². The van der Waals surface area contributed by atoms with E-state index in [4.69, 9.17) is 9.47 Å². The summed E-state index contributed by atoms with van der Waals surface area (Å²) < 4.78 is 10.8. The molecule has 1 unspecified atom stereocenters. The molecule has 0 amide bonds. The monoisotopic (exact) mass is 489 g/mol. The molecule has 1 heterocycles. The lowest BCUT2D eigenvalue weighted by Crippen LogP contribution is -2.39. The highest BCUT2D eigenvalue weighted by atomic mass is 127. The number of benzene rings is 1. The maximum absolute atomic E-state index is 5.47. The van der Waals surface area contributed by atoms with Crippen molar-refractivity contribution in [3.05, 3.63) is 46.2 Å². The molecular weight excluding hydrogens is 461 g/mol. The van der Waals surface area contributed by atoms with Crippen molar-refractivity contribution < 1.29 is 9.47 Å². The first-order valence-corrected chi connectivity index (χ1v) is 9.33. The van der Waals surface area contributed by atoms with Crippen LogP contribution in [0.15, 0.2) is 40.7 Å². The molecule has 144 valence electrons. The van der Waals surface area contributed by atoms with Crippen LogP contribution in [0.5, 0.6) is 11.5 Å². The standard InChI is InChI=1S/C19H27N3O2S.HI/c1-5-20-19(21-12-14(2)17-10-7-11-25-17)22-13-15-8-6-9-16(23-3)18(15)24-4;/h6-11,14H,5,12-13H2,1-4H3,(H2,20,21,22);1H. The van der Waals surface area contributed by atoms with Gasteiger partial charge in [-0.3, -0.25) is 0 Å². The van der Waals surface area contributed by atoms with Crippen LogP contribution in [0.2, 0.25) is 0 Å². The van der Waals surface area contributed by atoms with Crippen molar-refractivity contribution in [2.24, 2.45) is 4.99 Å². The van der Waals surface area contributed by atoms with Gasteiger partial charge < -0.3 is 20.1 Å². The Morgan fingerprint density at radius 3 is 2.58 bits per heavy atom. The second-order valence-electron chi connectivity index (χ2n) is 5.65. The molecule has 5 nitrogen and oxygen atoms in total. The van der Waals surface area contributed by atoms with Crippen LogP contribution in [0.3, 0.4) is 0 Å². The summed E-state index contributed by atoms with van der Waals surface area (Å²) in [6, 6.07) is 10.1. The first kappa shape index (κ1) is 22.6. The zero-order valence-corrected chi connectivity index (χ0v) is 18.9. The lowest BCUT2D eigenvalue weighted by atomic mass is 10.1. The Labute approximate surface area is 177 Å². The molecule has 1 aromatic carbocycles. The number of halogens is 1. The number of hydrogen-bond acceptors (Lipinski definition) is 4. The third-order valence-corrected chi connectivity index (χ3v) is 4.94. The highest BCUT2D eigenvalue weighted by Crippen LogP contribution is 2.31. The molecule has 2 N–H and O–H groups in total. The van der Waals surface area contributed by atoms with E-state index in [9.17, 15) is 0 Å². The number of aliphatic imine (C=N–C) groups is 1. The van der Waals surface area contributed by atoms with Crippen molar-refractivity contribution in [2.75, 3.05) is 27.3 Å². The van der Waals surface area contributed by atoms with Crippen LogP contribution in [0.25, 0.3) is 0 Å². The summed E-state index contributed by atoms with van der Waals surface area (Å²) in [5.74, 6) is 2.70. The third-order valence-electron chi connectivity index (χ3n) is 3.84. The number of nitrogens with zero attached hydrogens (tertiary/aromatic N) is 1. The molecule has 0 bridgehead atoms. The molecule has 1 aromatic heterocycles. The van der Waals surface area contributed by atoms with E-state index < -0.39 is 0 Å². The Kier molecular flexibility index (Phi) is 10.4. The van der Waals surface area contributed by atoms with Gasteiger partial charge in [0.05, 0.1) is 20.8 Å². The Bertz CT molecular complexity index is 677. The van der Waals surface area contributed by atoms with Crippen LogP contribution >= 0.6 is 35.3 Å². The normalized spacial score (nSPS) is 12.1. The van der Waals surface area contributed by atoms with Gasteiger partial charge in [-0.1, -0.05) is 25.1 Å². The number of para-hydroxylation sites is 1. The van der Waals surface area contributed by atoms with Gasteiger partial charge in [0.2, 0.25) is 0 Å². The summed E-state index contributed by atoms with van der Waals surface area (Å²) in [6.07, 6.45) is 0. The van der Waals surface area contributed by atoms with Crippen molar-refractivity contribution in [2.45, 2.75) is 26.3 Å². The minimum Gasteiger partial charge on any atom is -0.493 e. The van der Waals surface area contributed by atoms with Gasteiger partial charge in [-0.15, -0.1) is 35.3 Å². The van der Waals surface area contributed by atoms with Gasteiger partial charge >= 0.3 is 0 Å². The predicted molar refractivity (Wildman–Crippen MR) is 121 cm³/mol. The fourth-order valence-corrected chi connectivity index (χ4v) is 3.29. The van der Waals surface area contributed by atoms with Gasteiger partial charge in [0.15, 0.2) is 17.5 Å². The molecule has 0 fully saturated rings. The molecule has 26 heavy (non-hydrogen) atoms. The van der Waals surface area contributed by atoms with E-state index in [2.05, 4.69) is 47.0 Å². The summed E-state index contributed by atoms with van der Waals surface area (Å²) in [5, 5.41) is 8.82. The van der Waals surface area contributed by atoms with Gasteiger partial charge in [-0.25, -0.2) is 4.99 Å². The summed E-state index contributed by atoms with van der Waals surface area (Å²) in [6.45, 7) is 6.44. The van der Waals surface area contributed by atoms with E-state index in [-0.39, 0.29) is 24.0 Å². The number of nitrogens with one attached hydrogen (secondary N) is 2. The average Bonchev–Trinajstić information content (AvgIpc) is 3.18. The Morgan fingerprint density at radius 1 is 1.15 bits per heavy atom. The molecule has 1 atom stereocenters. The van der Waals surface area contributed by atoms with Crippen molar-refractivity contribution in [1.82, 2.24) is 10.6 Å². The Hall–Kier alpha value is -1.48. The van der Waals surface area contributed by atoms with Gasteiger partial charge in [0.1, 0.15) is 0 Å². The zero-order chi connectivity index (χ0) is 18.1. The van der Waals surface area contributed by atoms with Crippen molar-refractivity contribution in [3.8, 4) is 11.5 Å². The van der Waals surface area contributed by atoms with E-state index in [0.717, 1.165) is 36.1 Å². The number of ether oxygens (including phenoxy) is 2. The van der Waals surface area contributed by atoms with Crippen LogP contribution in [-0.2, 0) is 6.54 Å². The molecule has 7 heteroatoms. The smallest absolute Gasteiger partial charge is 0.191 e. The fraction of sp³-hybridized carbons (Fsp3) is 0.421. The molecule has 0 saturated carbocycles. The largest absolute Gasteiger partial charge is 0.493 e. The quantitative estimate of drug-likeness (QED) is 0.331. The molecule has 0 aliphatic rings. The maximum atomic E-state index is 5.47. The van der Waals surface area contributed by atoms with Gasteiger partial charge in [-0.05, 0) is 24.4 Å². The van der Waals surface area contributed by atoms with Gasteiger partial charge in [-0.2, -0.15) is 0 Å². The lowest BCUT2D eigenvalue weighted by molar-refractivity contribution is 0.352. The zero-order valence-electron chi connectivity index (χ0n) is 15.7. The van der Waals surface area contributed by atoms with Gasteiger partial charge in [0.25, 0.3) is 0 Å². The number of rotatable bonds is 8. The van der Waals surface area contributed by atoms with Crippen molar-refractivity contribution >= 4 is 41.3 Å². The summed E-state index contributed by atoms with van der Waals surface area (Å²) in [7, 11) is 3.29. The molecule has 0 radical (unpaired) electrons. The minimum absolute atomic E-state index is 0.